The Labute approximate surface area is 98.0 Å². The molecule has 0 unspecified atom stereocenters. The van der Waals surface area contributed by atoms with Crippen LogP contribution >= 0.6 is 0 Å². The third kappa shape index (κ3) is 4.92. The molecular formula is C11H24N4O. The quantitative estimate of drug-likeness (QED) is 0.598. The van der Waals surface area contributed by atoms with Crippen molar-refractivity contribution < 1.29 is 4.79 Å². The number of nitrogens with two attached hydrogens (primary N) is 1. The average Bonchev–Trinajstić information content (AvgIpc) is 2.26. The second-order valence-corrected chi connectivity index (χ2v) is 4.58. The van der Waals surface area contributed by atoms with Gasteiger partial charge in [0, 0.05) is 32.7 Å². The van der Waals surface area contributed by atoms with Crippen LogP contribution in [-0.2, 0) is 4.79 Å². The molecule has 0 aromatic heterocycles. The van der Waals surface area contributed by atoms with E-state index in [2.05, 4.69) is 22.2 Å². The number of piperazine rings is 1. The summed E-state index contributed by atoms with van der Waals surface area (Å²) in [4.78, 5) is 16.0. The smallest absolute Gasteiger partial charge is 0.236 e. The fourth-order valence-electron chi connectivity index (χ4n) is 1.75. The third-order valence-corrected chi connectivity index (χ3v) is 2.96. The van der Waals surface area contributed by atoms with E-state index in [-0.39, 0.29) is 5.91 Å². The van der Waals surface area contributed by atoms with Crippen molar-refractivity contribution in [2.75, 3.05) is 46.3 Å². The van der Waals surface area contributed by atoms with E-state index < -0.39 is 6.04 Å². The highest BCUT2D eigenvalue weighted by Crippen LogP contribution is 1.99. The summed E-state index contributed by atoms with van der Waals surface area (Å²) < 4.78 is 0. The van der Waals surface area contributed by atoms with Crippen molar-refractivity contribution in [3.63, 3.8) is 0 Å². The normalized spacial score (nSPS) is 20.7. The molecule has 1 aliphatic rings. The first-order valence-electron chi connectivity index (χ1n) is 6.04. The lowest BCUT2D eigenvalue weighted by atomic mass is 10.3. The van der Waals surface area contributed by atoms with Gasteiger partial charge < -0.3 is 20.9 Å². The zero-order chi connectivity index (χ0) is 12.0. The fourth-order valence-corrected chi connectivity index (χ4v) is 1.75. The largest absolute Gasteiger partial charge is 0.355 e. The molecular weight excluding hydrogens is 204 g/mol. The van der Waals surface area contributed by atoms with Gasteiger partial charge in [0.1, 0.15) is 0 Å². The number of carbonyl (C=O) groups is 1. The van der Waals surface area contributed by atoms with E-state index in [1.807, 2.05) is 0 Å². The number of carbonyl (C=O) groups excluding carboxylic acids is 1. The molecule has 0 spiro atoms. The van der Waals surface area contributed by atoms with Crippen LogP contribution in [-0.4, -0.2) is 68.1 Å². The Kier molecular flexibility index (Phi) is 5.73. The first-order valence-corrected chi connectivity index (χ1v) is 6.04. The molecule has 5 nitrogen and oxygen atoms in total. The van der Waals surface area contributed by atoms with Crippen molar-refractivity contribution in [1.29, 1.82) is 0 Å². The minimum Gasteiger partial charge on any atom is -0.355 e. The highest BCUT2D eigenvalue weighted by atomic mass is 16.2. The van der Waals surface area contributed by atoms with Gasteiger partial charge in [0.25, 0.3) is 0 Å². The summed E-state index contributed by atoms with van der Waals surface area (Å²) in [5.74, 6) is -0.0571. The number of nitrogens with zero attached hydrogens (tertiary/aromatic N) is 2. The monoisotopic (exact) mass is 228 g/mol. The highest BCUT2D eigenvalue weighted by molar-refractivity contribution is 5.80. The molecule has 3 N–H and O–H groups in total. The fraction of sp³-hybridized carbons (Fsp3) is 0.909. The van der Waals surface area contributed by atoms with E-state index in [1.165, 1.54) is 0 Å². The molecule has 94 valence electrons. The van der Waals surface area contributed by atoms with Crippen LogP contribution in [0.1, 0.15) is 13.3 Å². The molecule has 16 heavy (non-hydrogen) atoms. The van der Waals surface area contributed by atoms with Gasteiger partial charge in [0.05, 0.1) is 6.04 Å². The van der Waals surface area contributed by atoms with E-state index in [1.54, 1.807) is 6.92 Å². The molecule has 0 saturated carbocycles. The van der Waals surface area contributed by atoms with Crippen LogP contribution in [0, 0.1) is 0 Å². The maximum atomic E-state index is 11.2. The summed E-state index contributed by atoms with van der Waals surface area (Å²) in [5, 5.41) is 2.83. The number of hydrogen-bond acceptors (Lipinski definition) is 4. The maximum Gasteiger partial charge on any atom is 0.236 e. The Balaban J connectivity index is 2.01. The summed E-state index contributed by atoms with van der Waals surface area (Å²) in [5.41, 5.74) is 5.45. The predicted molar refractivity (Wildman–Crippen MR) is 65.2 cm³/mol. The van der Waals surface area contributed by atoms with E-state index >= 15 is 0 Å². The van der Waals surface area contributed by atoms with Gasteiger partial charge in [-0.15, -0.1) is 0 Å². The zero-order valence-electron chi connectivity index (χ0n) is 10.4. The van der Waals surface area contributed by atoms with Crippen LogP contribution in [0.15, 0.2) is 0 Å². The van der Waals surface area contributed by atoms with Crippen molar-refractivity contribution in [2.24, 2.45) is 5.73 Å². The summed E-state index contributed by atoms with van der Waals surface area (Å²) in [7, 11) is 2.15. The summed E-state index contributed by atoms with van der Waals surface area (Å²) in [6.45, 7) is 8.06. The van der Waals surface area contributed by atoms with Crippen molar-refractivity contribution >= 4 is 5.91 Å². The van der Waals surface area contributed by atoms with E-state index in [0.717, 1.165) is 45.7 Å². The summed E-state index contributed by atoms with van der Waals surface area (Å²) >= 11 is 0. The van der Waals surface area contributed by atoms with Crippen LogP contribution in [0.2, 0.25) is 0 Å². The lowest BCUT2D eigenvalue weighted by Gasteiger charge is -2.32. The molecule has 1 rings (SSSR count). The Morgan fingerprint density at radius 3 is 2.56 bits per heavy atom. The van der Waals surface area contributed by atoms with Crippen molar-refractivity contribution in [3.8, 4) is 0 Å². The summed E-state index contributed by atoms with van der Waals surface area (Å²) in [6.07, 6.45) is 1.00. The van der Waals surface area contributed by atoms with Crippen molar-refractivity contribution in [3.05, 3.63) is 0 Å². The number of nitrogens with one attached hydrogen (secondary N) is 1. The zero-order valence-corrected chi connectivity index (χ0v) is 10.4. The van der Waals surface area contributed by atoms with E-state index in [9.17, 15) is 4.79 Å². The Morgan fingerprint density at radius 1 is 1.38 bits per heavy atom. The number of hydrogen-bond donors (Lipinski definition) is 2. The third-order valence-electron chi connectivity index (χ3n) is 2.96. The van der Waals surface area contributed by atoms with Crippen LogP contribution in [0.4, 0.5) is 0 Å². The van der Waals surface area contributed by atoms with Crippen molar-refractivity contribution in [1.82, 2.24) is 15.1 Å². The van der Waals surface area contributed by atoms with Crippen LogP contribution in [0.3, 0.4) is 0 Å². The standard InChI is InChI=1S/C11H24N4O/c1-10(12)11(16)13-4-3-5-15-8-6-14(2)7-9-15/h10H,3-9,12H2,1-2H3,(H,13,16)/t10-/m0/s1. The SMILES string of the molecule is C[C@H](N)C(=O)NCCCN1CCN(C)CC1. The Morgan fingerprint density at radius 2 is 2.00 bits per heavy atom. The highest BCUT2D eigenvalue weighted by Gasteiger charge is 2.13. The molecule has 0 aromatic carbocycles. The lowest BCUT2D eigenvalue weighted by molar-refractivity contribution is -0.121. The lowest BCUT2D eigenvalue weighted by Crippen LogP contribution is -2.45. The van der Waals surface area contributed by atoms with Gasteiger partial charge in [0.15, 0.2) is 0 Å². The average molecular weight is 228 g/mol. The molecule has 5 heteroatoms. The first kappa shape index (κ1) is 13.4. The molecule has 1 saturated heterocycles. The van der Waals surface area contributed by atoms with Gasteiger partial charge in [-0.1, -0.05) is 0 Å². The van der Waals surface area contributed by atoms with E-state index in [0.29, 0.717) is 0 Å². The predicted octanol–water partition coefficient (Wildman–Crippen LogP) is -0.913. The molecule has 1 heterocycles. The van der Waals surface area contributed by atoms with Crippen LogP contribution in [0.25, 0.3) is 0 Å². The molecule has 1 amide bonds. The molecule has 1 fully saturated rings. The first-order chi connectivity index (χ1) is 7.59. The van der Waals surface area contributed by atoms with Gasteiger partial charge in [-0.05, 0) is 26.9 Å². The molecule has 1 atom stereocenters. The molecule has 0 radical (unpaired) electrons. The molecule has 1 aliphatic heterocycles. The second-order valence-electron chi connectivity index (χ2n) is 4.58. The van der Waals surface area contributed by atoms with Gasteiger partial charge in [-0.3, -0.25) is 4.79 Å². The minimum absolute atomic E-state index is 0.0571. The number of rotatable bonds is 5. The summed E-state index contributed by atoms with van der Waals surface area (Å²) in [6, 6.07) is -0.399. The Bertz CT molecular complexity index is 212. The maximum absolute atomic E-state index is 11.2. The van der Waals surface area contributed by atoms with Crippen molar-refractivity contribution in [2.45, 2.75) is 19.4 Å². The van der Waals surface area contributed by atoms with Gasteiger partial charge in [0.2, 0.25) is 5.91 Å². The minimum atomic E-state index is -0.399. The van der Waals surface area contributed by atoms with Gasteiger partial charge in [-0.25, -0.2) is 0 Å². The second kappa shape index (κ2) is 6.83. The van der Waals surface area contributed by atoms with Gasteiger partial charge >= 0.3 is 0 Å². The van der Waals surface area contributed by atoms with E-state index in [4.69, 9.17) is 5.73 Å². The molecule has 0 aromatic rings. The molecule has 0 bridgehead atoms. The topological polar surface area (TPSA) is 61.6 Å². The van der Waals surface area contributed by atoms with Crippen LogP contribution in [0.5, 0.6) is 0 Å². The Hall–Kier alpha value is -0.650. The van der Waals surface area contributed by atoms with Gasteiger partial charge in [-0.2, -0.15) is 0 Å². The number of amides is 1. The number of likely N-dealkylation sites (N-methyl/N-ethyl adjacent to an activating group) is 1. The molecule has 0 aliphatic carbocycles. The van der Waals surface area contributed by atoms with Crippen LogP contribution < -0.4 is 11.1 Å².